The van der Waals surface area contributed by atoms with Crippen LogP contribution in [0.3, 0.4) is 0 Å². The first-order chi connectivity index (χ1) is 13.4. The molecule has 3 aromatic rings. The molecule has 0 saturated heterocycles. The van der Waals surface area contributed by atoms with Crippen molar-refractivity contribution in [2.24, 2.45) is 0 Å². The van der Waals surface area contributed by atoms with Gasteiger partial charge in [-0.2, -0.15) is 0 Å². The first-order valence-electron chi connectivity index (χ1n) is 9.13. The summed E-state index contributed by atoms with van der Waals surface area (Å²) >= 11 is 0. The van der Waals surface area contributed by atoms with Gasteiger partial charge in [0, 0.05) is 11.9 Å². The second kappa shape index (κ2) is 8.44. The Morgan fingerprint density at radius 2 is 1.61 bits per heavy atom. The van der Waals surface area contributed by atoms with Gasteiger partial charge >= 0.3 is 0 Å². The van der Waals surface area contributed by atoms with Gasteiger partial charge in [-0.3, -0.25) is 9.10 Å². The van der Waals surface area contributed by atoms with Crippen molar-refractivity contribution in [1.29, 1.82) is 0 Å². The monoisotopic (exact) mass is 396 g/mol. The fourth-order valence-electron chi connectivity index (χ4n) is 3.16. The number of hydrogen-bond acceptors (Lipinski definition) is 3. The number of rotatable bonds is 7. The summed E-state index contributed by atoms with van der Waals surface area (Å²) < 4.78 is 26.0. The zero-order chi connectivity index (χ0) is 20.1. The van der Waals surface area contributed by atoms with Crippen LogP contribution in [0.15, 0.2) is 72.8 Å². The van der Waals surface area contributed by atoms with Crippen molar-refractivity contribution in [2.45, 2.75) is 12.8 Å². The molecule has 0 aromatic heterocycles. The minimum Gasteiger partial charge on any atom is -0.354 e. The van der Waals surface area contributed by atoms with Gasteiger partial charge in [-0.05, 0) is 22.9 Å². The van der Waals surface area contributed by atoms with Gasteiger partial charge in [0.25, 0.3) is 0 Å². The van der Waals surface area contributed by atoms with Crippen LogP contribution in [0, 0.1) is 0 Å². The standard InChI is InChI=1S/C22H24N2O3S/c1-17(18-9-4-3-5-10-18)15-23-22(25)16-24(28(2,26)27)21-14-8-12-19-11-6-7-13-20(19)21/h3-14,17H,15-16H2,1-2H3,(H,23,25). The number of amides is 1. The summed E-state index contributed by atoms with van der Waals surface area (Å²) in [6.07, 6.45) is 1.12. The van der Waals surface area contributed by atoms with Crippen molar-refractivity contribution < 1.29 is 13.2 Å². The van der Waals surface area contributed by atoms with Crippen LogP contribution in [0.5, 0.6) is 0 Å². The largest absolute Gasteiger partial charge is 0.354 e. The second-order valence-corrected chi connectivity index (χ2v) is 8.79. The van der Waals surface area contributed by atoms with Crippen LogP contribution < -0.4 is 9.62 Å². The third-order valence-electron chi connectivity index (χ3n) is 4.70. The summed E-state index contributed by atoms with van der Waals surface area (Å²) in [7, 11) is -3.62. The van der Waals surface area contributed by atoms with Crippen molar-refractivity contribution >= 4 is 32.4 Å². The Kier molecular flexibility index (Phi) is 5.99. The molecule has 0 bridgehead atoms. The highest BCUT2D eigenvalue weighted by Crippen LogP contribution is 2.28. The predicted octanol–water partition coefficient (Wildman–Crippen LogP) is 3.53. The Morgan fingerprint density at radius 1 is 0.964 bits per heavy atom. The van der Waals surface area contributed by atoms with E-state index in [0.29, 0.717) is 12.2 Å². The Labute approximate surface area is 166 Å². The lowest BCUT2D eigenvalue weighted by Crippen LogP contribution is -2.41. The molecule has 0 aliphatic heterocycles. The smallest absolute Gasteiger partial charge is 0.240 e. The zero-order valence-electron chi connectivity index (χ0n) is 16.0. The molecule has 0 fully saturated rings. The Bertz CT molecular complexity index is 1060. The van der Waals surface area contributed by atoms with Crippen LogP contribution in [0.4, 0.5) is 5.69 Å². The van der Waals surface area contributed by atoms with Gasteiger partial charge in [0.15, 0.2) is 0 Å². The predicted molar refractivity (Wildman–Crippen MR) is 114 cm³/mol. The molecule has 3 rings (SSSR count). The first-order valence-corrected chi connectivity index (χ1v) is 11.0. The van der Waals surface area contributed by atoms with Crippen molar-refractivity contribution in [3.63, 3.8) is 0 Å². The number of anilines is 1. The molecule has 146 valence electrons. The van der Waals surface area contributed by atoms with Crippen LogP contribution in [0.25, 0.3) is 10.8 Å². The van der Waals surface area contributed by atoms with Gasteiger partial charge in [-0.15, -0.1) is 0 Å². The summed E-state index contributed by atoms with van der Waals surface area (Å²) in [6.45, 7) is 2.21. The van der Waals surface area contributed by atoms with Gasteiger partial charge in [0.05, 0.1) is 11.9 Å². The van der Waals surface area contributed by atoms with Crippen LogP contribution in [-0.2, 0) is 14.8 Å². The highest BCUT2D eigenvalue weighted by molar-refractivity contribution is 7.92. The lowest BCUT2D eigenvalue weighted by Gasteiger charge is -2.24. The molecule has 5 nitrogen and oxygen atoms in total. The van der Waals surface area contributed by atoms with Gasteiger partial charge in [-0.25, -0.2) is 8.42 Å². The molecule has 1 unspecified atom stereocenters. The number of sulfonamides is 1. The van der Waals surface area contributed by atoms with E-state index in [2.05, 4.69) is 5.32 Å². The lowest BCUT2D eigenvalue weighted by atomic mass is 10.0. The number of carbonyl (C=O) groups excluding carboxylic acids is 1. The normalized spacial score (nSPS) is 12.5. The fourth-order valence-corrected chi connectivity index (χ4v) is 4.03. The van der Waals surface area contributed by atoms with Crippen molar-refractivity contribution in [1.82, 2.24) is 5.32 Å². The van der Waals surface area contributed by atoms with Gasteiger partial charge in [0.2, 0.25) is 15.9 Å². The average Bonchev–Trinajstić information content (AvgIpc) is 2.69. The minimum absolute atomic E-state index is 0.134. The molecule has 6 heteroatoms. The van der Waals surface area contributed by atoms with Crippen LogP contribution >= 0.6 is 0 Å². The molecule has 0 saturated carbocycles. The summed E-state index contributed by atoms with van der Waals surface area (Å²) in [5, 5.41) is 4.57. The molecule has 28 heavy (non-hydrogen) atoms. The molecule has 1 atom stereocenters. The Balaban J connectivity index is 1.77. The molecule has 0 aliphatic rings. The summed E-state index contributed by atoms with van der Waals surface area (Å²) in [5.74, 6) is -0.199. The van der Waals surface area contributed by atoms with Gasteiger partial charge in [-0.1, -0.05) is 73.7 Å². The zero-order valence-corrected chi connectivity index (χ0v) is 16.8. The number of hydrogen-bond donors (Lipinski definition) is 1. The second-order valence-electron chi connectivity index (χ2n) is 6.88. The summed E-state index contributed by atoms with van der Waals surface area (Å²) in [6, 6.07) is 22.9. The van der Waals surface area contributed by atoms with Crippen molar-refractivity contribution in [2.75, 3.05) is 23.7 Å². The van der Waals surface area contributed by atoms with Crippen molar-refractivity contribution in [3.8, 4) is 0 Å². The maximum Gasteiger partial charge on any atom is 0.240 e. The molecular formula is C22H24N2O3S. The molecule has 0 radical (unpaired) electrons. The van der Waals surface area contributed by atoms with Crippen molar-refractivity contribution in [3.05, 3.63) is 78.4 Å². The van der Waals surface area contributed by atoms with E-state index >= 15 is 0 Å². The third kappa shape index (κ3) is 4.70. The Hall–Kier alpha value is -2.86. The van der Waals surface area contributed by atoms with Gasteiger partial charge in [0.1, 0.15) is 6.54 Å². The topological polar surface area (TPSA) is 66.5 Å². The molecule has 1 amide bonds. The third-order valence-corrected chi connectivity index (χ3v) is 5.82. The Morgan fingerprint density at radius 3 is 2.32 bits per heavy atom. The van der Waals surface area contributed by atoms with E-state index in [0.717, 1.165) is 26.9 Å². The maximum absolute atomic E-state index is 12.5. The quantitative estimate of drug-likeness (QED) is 0.664. The van der Waals surface area contributed by atoms with Crippen LogP contribution in [0.2, 0.25) is 0 Å². The molecule has 1 N–H and O–H groups in total. The van der Waals surface area contributed by atoms with E-state index in [1.165, 1.54) is 0 Å². The van der Waals surface area contributed by atoms with Crippen LogP contribution in [-0.4, -0.2) is 33.7 Å². The summed E-state index contributed by atoms with van der Waals surface area (Å²) in [4.78, 5) is 12.5. The molecule has 0 spiro atoms. The fraction of sp³-hybridized carbons (Fsp3) is 0.227. The number of nitrogens with zero attached hydrogens (tertiary/aromatic N) is 1. The SMILES string of the molecule is CC(CNC(=O)CN(c1cccc2ccccc12)S(C)(=O)=O)c1ccccc1. The number of nitrogens with one attached hydrogen (secondary N) is 1. The highest BCUT2D eigenvalue weighted by atomic mass is 32.2. The van der Waals surface area contributed by atoms with E-state index < -0.39 is 10.0 Å². The van der Waals surface area contributed by atoms with E-state index in [9.17, 15) is 13.2 Å². The van der Waals surface area contributed by atoms with E-state index in [4.69, 9.17) is 0 Å². The molecule has 0 heterocycles. The molecule has 0 aliphatic carbocycles. The summed E-state index contributed by atoms with van der Waals surface area (Å²) in [5.41, 5.74) is 1.63. The van der Waals surface area contributed by atoms with E-state index in [-0.39, 0.29) is 18.4 Å². The van der Waals surface area contributed by atoms with Crippen LogP contribution in [0.1, 0.15) is 18.4 Å². The van der Waals surface area contributed by atoms with Gasteiger partial charge < -0.3 is 5.32 Å². The average molecular weight is 397 g/mol. The number of benzene rings is 3. The number of carbonyl (C=O) groups is 1. The van der Waals surface area contributed by atoms with E-state index in [1.54, 1.807) is 12.1 Å². The maximum atomic E-state index is 12.5. The minimum atomic E-state index is -3.62. The lowest BCUT2D eigenvalue weighted by molar-refractivity contribution is -0.119. The highest BCUT2D eigenvalue weighted by Gasteiger charge is 2.22. The first kappa shape index (κ1) is 19.9. The van der Waals surface area contributed by atoms with E-state index in [1.807, 2.05) is 67.6 Å². The molecular weight excluding hydrogens is 372 g/mol. The number of fused-ring (bicyclic) bond motifs is 1. The molecule has 3 aromatic carbocycles.